The quantitative estimate of drug-likeness (QED) is 0.774. The summed E-state index contributed by atoms with van der Waals surface area (Å²) < 4.78 is 10.7. The Balaban J connectivity index is 1.69. The van der Waals surface area contributed by atoms with Gasteiger partial charge < -0.3 is 20.5 Å². The Bertz CT molecular complexity index is 484. The molecule has 1 amide bonds. The molecule has 21 heavy (non-hydrogen) atoms. The van der Waals surface area contributed by atoms with Crippen molar-refractivity contribution in [3.63, 3.8) is 0 Å². The van der Waals surface area contributed by atoms with E-state index in [0.29, 0.717) is 23.2 Å². The van der Waals surface area contributed by atoms with E-state index in [4.69, 9.17) is 27.4 Å². The molecule has 0 aliphatic carbocycles. The van der Waals surface area contributed by atoms with E-state index in [-0.39, 0.29) is 12.5 Å². The van der Waals surface area contributed by atoms with E-state index >= 15 is 0 Å². The molecule has 0 aromatic heterocycles. The summed E-state index contributed by atoms with van der Waals surface area (Å²) in [5.74, 6) is 1.02. The topological polar surface area (TPSA) is 73.6 Å². The van der Waals surface area contributed by atoms with E-state index < -0.39 is 0 Å². The predicted molar refractivity (Wildman–Crippen MR) is 84.4 cm³/mol. The smallest absolute Gasteiger partial charge is 0.257 e. The van der Waals surface area contributed by atoms with E-state index in [9.17, 15) is 4.79 Å². The van der Waals surface area contributed by atoms with Crippen molar-refractivity contribution in [1.29, 1.82) is 0 Å². The van der Waals surface area contributed by atoms with Crippen LogP contribution in [0.25, 0.3) is 0 Å². The zero-order valence-corrected chi connectivity index (χ0v) is 12.7. The fourth-order valence-corrected chi connectivity index (χ4v) is 2.26. The average molecular weight is 308 g/mol. The maximum absolute atomic E-state index is 11.7. The molecule has 0 unspecified atom stereocenters. The summed E-state index contributed by atoms with van der Waals surface area (Å²) in [6.07, 6.45) is 2.00. The van der Waals surface area contributed by atoms with Crippen LogP contribution in [0.3, 0.4) is 0 Å². The maximum Gasteiger partial charge on any atom is 0.257 e. The van der Waals surface area contributed by atoms with Gasteiger partial charge >= 0.3 is 0 Å². The predicted octanol–water partition coefficient (Wildman–Crippen LogP) is 1.24. The average Bonchev–Trinajstić information content (AvgIpc) is 2.52. The minimum Gasteiger partial charge on any atom is -0.484 e. The summed E-state index contributed by atoms with van der Waals surface area (Å²) >= 11 is 4.87. The van der Waals surface area contributed by atoms with Gasteiger partial charge in [0.2, 0.25) is 0 Å². The number of hydrogen-bond acceptors (Lipinski definition) is 4. The van der Waals surface area contributed by atoms with Crippen LogP contribution in [0.15, 0.2) is 24.3 Å². The fraction of sp³-hybridized carbons (Fsp3) is 0.467. The van der Waals surface area contributed by atoms with Crippen LogP contribution in [0, 0.1) is 5.92 Å². The van der Waals surface area contributed by atoms with Crippen molar-refractivity contribution in [3.8, 4) is 5.75 Å². The number of benzene rings is 1. The Morgan fingerprint density at radius 3 is 2.62 bits per heavy atom. The fourth-order valence-electron chi connectivity index (χ4n) is 2.12. The molecule has 0 saturated carbocycles. The highest BCUT2D eigenvalue weighted by Gasteiger charge is 2.14. The number of rotatable bonds is 6. The van der Waals surface area contributed by atoms with E-state index in [1.807, 2.05) is 0 Å². The lowest BCUT2D eigenvalue weighted by molar-refractivity contribution is -0.123. The first-order valence-corrected chi connectivity index (χ1v) is 7.43. The van der Waals surface area contributed by atoms with Gasteiger partial charge in [0.1, 0.15) is 10.7 Å². The van der Waals surface area contributed by atoms with Gasteiger partial charge in [-0.25, -0.2) is 0 Å². The zero-order valence-electron chi connectivity index (χ0n) is 11.8. The lowest BCUT2D eigenvalue weighted by Gasteiger charge is -2.22. The first kappa shape index (κ1) is 15.7. The van der Waals surface area contributed by atoms with Crippen molar-refractivity contribution >= 4 is 23.1 Å². The minimum atomic E-state index is -0.111. The molecule has 1 aliphatic heterocycles. The van der Waals surface area contributed by atoms with Crippen LogP contribution in [-0.2, 0) is 9.53 Å². The van der Waals surface area contributed by atoms with Gasteiger partial charge in [-0.3, -0.25) is 4.79 Å². The van der Waals surface area contributed by atoms with Crippen molar-refractivity contribution in [2.24, 2.45) is 11.7 Å². The highest BCUT2D eigenvalue weighted by molar-refractivity contribution is 7.80. The molecule has 114 valence electrons. The van der Waals surface area contributed by atoms with Crippen LogP contribution in [-0.4, -0.2) is 37.3 Å². The van der Waals surface area contributed by atoms with Crippen LogP contribution in [0.5, 0.6) is 5.75 Å². The first-order chi connectivity index (χ1) is 10.1. The van der Waals surface area contributed by atoms with Gasteiger partial charge in [0.05, 0.1) is 0 Å². The van der Waals surface area contributed by atoms with Gasteiger partial charge in [-0.1, -0.05) is 12.2 Å². The third-order valence-corrected chi connectivity index (χ3v) is 3.67. The second-order valence-electron chi connectivity index (χ2n) is 5.04. The van der Waals surface area contributed by atoms with E-state index in [1.54, 1.807) is 24.3 Å². The second kappa shape index (κ2) is 7.95. The second-order valence-corrected chi connectivity index (χ2v) is 5.48. The molecule has 0 atom stereocenters. The number of amides is 1. The molecule has 1 aromatic carbocycles. The van der Waals surface area contributed by atoms with Crippen LogP contribution >= 0.6 is 12.2 Å². The number of nitrogens with two attached hydrogens (primary N) is 1. The van der Waals surface area contributed by atoms with Crippen molar-refractivity contribution in [2.45, 2.75) is 12.8 Å². The molecule has 0 radical (unpaired) electrons. The third-order valence-electron chi connectivity index (χ3n) is 3.44. The van der Waals surface area contributed by atoms with Gasteiger partial charge in [-0.15, -0.1) is 0 Å². The van der Waals surface area contributed by atoms with Gasteiger partial charge in [0, 0.05) is 25.3 Å². The number of hydrogen-bond donors (Lipinski definition) is 2. The van der Waals surface area contributed by atoms with Gasteiger partial charge in [0.25, 0.3) is 5.91 Å². The monoisotopic (exact) mass is 308 g/mol. The number of ether oxygens (including phenoxy) is 2. The van der Waals surface area contributed by atoms with Gasteiger partial charge in [-0.05, 0) is 43.0 Å². The zero-order chi connectivity index (χ0) is 15.1. The molecule has 1 aromatic rings. The Labute approximate surface area is 129 Å². The van der Waals surface area contributed by atoms with Crippen LogP contribution in [0.1, 0.15) is 18.4 Å². The van der Waals surface area contributed by atoms with E-state index in [0.717, 1.165) is 31.6 Å². The van der Waals surface area contributed by atoms with Crippen LogP contribution in [0.4, 0.5) is 0 Å². The maximum atomic E-state index is 11.7. The normalized spacial score (nSPS) is 15.4. The van der Waals surface area contributed by atoms with E-state index in [2.05, 4.69) is 5.32 Å². The summed E-state index contributed by atoms with van der Waals surface area (Å²) in [6.45, 7) is 2.26. The summed E-state index contributed by atoms with van der Waals surface area (Å²) in [5.41, 5.74) is 6.29. The Kier molecular flexibility index (Phi) is 5.95. The number of carbonyl (C=O) groups excluding carboxylic acids is 1. The van der Waals surface area contributed by atoms with Crippen molar-refractivity contribution < 1.29 is 14.3 Å². The van der Waals surface area contributed by atoms with E-state index in [1.165, 1.54) is 0 Å². The molecular weight excluding hydrogens is 288 g/mol. The highest BCUT2D eigenvalue weighted by Crippen LogP contribution is 2.14. The minimum absolute atomic E-state index is 0.00956. The molecule has 0 spiro atoms. The van der Waals surface area contributed by atoms with Crippen molar-refractivity contribution in [2.75, 3.05) is 26.4 Å². The van der Waals surface area contributed by atoms with Gasteiger partial charge in [0.15, 0.2) is 6.61 Å². The summed E-state index contributed by atoms with van der Waals surface area (Å²) in [7, 11) is 0. The Hall–Kier alpha value is -1.66. The molecular formula is C15H20N2O3S. The summed E-state index contributed by atoms with van der Waals surface area (Å²) in [4.78, 5) is 12.1. The summed E-state index contributed by atoms with van der Waals surface area (Å²) in [5, 5.41) is 2.89. The largest absolute Gasteiger partial charge is 0.484 e. The molecule has 1 saturated heterocycles. The number of thiocarbonyl (C=S) groups is 1. The third kappa shape index (κ3) is 5.32. The Morgan fingerprint density at radius 1 is 1.33 bits per heavy atom. The molecule has 3 N–H and O–H groups in total. The number of nitrogens with one attached hydrogen (secondary N) is 1. The van der Waals surface area contributed by atoms with Crippen molar-refractivity contribution in [3.05, 3.63) is 29.8 Å². The molecule has 1 fully saturated rings. The summed E-state index contributed by atoms with van der Waals surface area (Å²) in [6, 6.07) is 7.05. The SMILES string of the molecule is NC(=S)c1ccc(OCC(=O)NCC2CCOCC2)cc1. The molecule has 1 aliphatic rings. The molecule has 2 rings (SSSR count). The standard InChI is InChI=1S/C15H20N2O3S/c16-15(21)12-1-3-13(4-2-12)20-10-14(18)17-9-11-5-7-19-8-6-11/h1-4,11H,5-10H2,(H2,16,21)(H,17,18). The molecule has 1 heterocycles. The highest BCUT2D eigenvalue weighted by atomic mass is 32.1. The number of carbonyl (C=O) groups is 1. The van der Waals surface area contributed by atoms with Crippen LogP contribution in [0.2, 0.25) is 0 Å². The molecule has 0 bridgehead atoms. The Morgan fingerprint density at radius 2 is 2.00 bits per heavy atom. The lowest BCUT2D eigenvalue weighted by atomic mass is 10.0. The molecule has 6 heteroatoms. The lowest BCUT2D eigenvalue weighted by Crippen LogP contribution is -2.35. The van der Waals surface area contributed by atoms with Crippen molar-refractivity contribution in [1.82, 2.24) is 5.32 Å². The molecule has 5 nitrogen and oxygen atoms in total. The first-order valence-electron chi connectivity index (χ1n) is 7.02. The van der Waals surface area contributed by atoms with Crippen LogP contribution < -0.4 is 15.8 Å². The van der Waals surface area contributed by atoms with Gasteiger partial charge in [-0.2, -0.15) is 0 Å².